The lowest BCUT2D eigenvalue weighted by Gasteiger charge is -2.17. The van der Waals surface area contributed by atoms with E-state index in [2.05, 4.69) is 29.2 Å². The number of nitrogens with zero attached hydrogens (tertiary/aromatic N) is 2. The third kappa shape index (κ3) is 5.03. The molecule has 0 aliphatic heterocycles. The topological polar surface area (TPSA) is 58.4 Å². The minimum absolute atomic E-state index is 0.0900. The highest BCUT2D eigenvalue weighted by atomic mass is 16.5. The van der Waals surface area contributed by atoms with Crippen molar-refractivity contribution < 1.29 is 9.32 Å². The smallest absolute Gasteiger partial charge is 0.220 e. The molecule has 0 aromatic carbocycles. The highest BCUT2D eigenvalue weighted by Crippen LogP contribution is 2.13. The van der Waals surface area contributed by atoms with E-state index in [1.807, 2.05) is 13.8 Å². The molecule has 1 aromatic heterocycles. The fraction of sp³-hybridized carbons (Fsp3) is 0.714. The van der Waals surface area contributed by atoms with Crippen molar-refractivity contribution in [2.45, 2.75) is 40.5 Å². The molecule has 0 saturated carbocycles. The maximum Gasteiger partial charge on any atom is 0.220 e. The number of hydrogen-bond acceptors (Lipinski definition) is 4. The predicted octanol–water partition coefficient (Wildman–Crippen LogP) is 1.68. The molecule has 0 saturated heterocycles. The van der Waals surface area contributed by atoms with Crippen LogP contribution in [0.4, 0.5) is 0 Å². The molecule has 0 unspecified atom stereocenters. The van der Waals surface area contributed by atoms with E-state index < -0.39 is 0 Å². The Kier molecular flexibility index (Phi) is 6.56. The van der Waals surface area contributed by atoms with E-state index in [0.717, 1.165) is 36.7 Å². The van der Waals surface area contributed by atoms with Crippen molar-refractivity contribution in [2.75, 3.05) is 26.2 Å². The van der Waals surface area contributed by atoms with E-state index in [4.69, 9.17) is 4.52 Å². The molecular weight excluding hydrogens is 242 g/mol. The molecule has 0 bridgehead atoms. The summed E-state index contributed by atoms with van der Waals surface area (Å²) in [4.78, 5) is 14.0. The van der Waals surface area contributed by atoms with Crippen LogP contribution in [0.3, 0.4) is 0 Å². The van der Waals surface area contributed by atoms with Gasteiger partial charge >= 0.3 is 0 Å². The summed E-state index contributed by atoms with van der Waals surface area (Å²) >= 11 is 0. The molecular formula is C14H25N3O2. The molecule has 0 atom stereocenters. The fourth-order valence-electron chi connectivity index (χ4n) is 2.08. The van der Waals surface area contributed by atoms with Gasteiger partial charge in [0.05, 0.1) is 5.69 Å². The van der Waals surface area contributed by atoms with Crippen LogP contribution < -0.4 is 5.32 Å². The van der Waals surface area contributed by atoms with Crippen molar-refractivity contribution in [2.24, 2.45) is 0 Å². The summed E-state index contributed by atoms with van der Waals surface area (Å²) in [6.07, 6.45) is 1.18. The summed E-state index contributed by atoms with van der Waals surface area (Å²) in [5.74, 6) is 0.903. The van der Waals surface area contributed by atoms with Crippen molar-refractivity contribution in [1.29, 1.82) is 0 Å². The Bertz CT molecular complexity index is 378. The van der Waals surface area contributed by atoms with Crippen LogP contribution >= 0.6 is 0 Å². The second-order valence-electron chi connectivity index (χ2n) is 4.68. The average Bonchev–Trinajstić information content (AvgIpc) is 2.72. The summed E-state index contributed by atoms with van der Waals surface area (Å²) in [6.45, 7) is 11.7. The summed E-state index contributed by atoms with van der Waals surface area (Å²) in [7, 11) is 0. The zero-order valence-electron chi connectivity index (χ0n) is 12.5. The Hall–Kier alpha value is -1.36. The molecule has 1 N–H and O–H groups in total. The predicted molar refractivity (Wildman–Crippen MR) is 75.1 cm³/mol. The number of rotatable bonds is 8. The van der Waals surface area contributed by atoms with Gasteiger partial charge in [0, 0.05) is 25.1 Å². The summed E-state index contributed by atoms with van der Waals surface area (Å²) in [6, 6.07) is 0. The number of aryl methyl sites for hydroxylation is 2. The van der Waals surface area contributed by atoms with Gasteiger partial charge in [0.2, 0.25) is 5.91 Å². The van der Waals surface area contributed by atoms with E-state index in [-0.39, 0.29) is 5.91 Å². The first kappa shape index (κ1) is 15.7. The molecule has 1 aromatic rings. The van der Waals surface area contributed by atoms with Gasteiger partial charge in [0.15, 0.2) is 0 Å². The van der Waals surface area contributed by atoms with Gasteiger partial charge in [-0.15, -0.1) is 0 Å². The SMILES string of the molecule is CCN(CC)CCNC(=O)CCc1c(C)noc1C. The minimum Gasteiger partial charge on any atom is -0.361 e. The summed E-state index contributed by atoms with van der Waals surface area (Å²) < 4.78 is 5.08. The number of amides is 1. The zero-order valence-corrected chi connectivity index (χ0v) is 12.5. The number of carbonyl (C=O) groups excluding carboxylic acids is 1. The van der Waals surface area contributed by atoms with Gasteiger partial charge in [0.1, 0.15) is 5.76 Å². The molecule has 1 amide bonds. The lowest BCUT2D eigenvalue weighted by Crippen LogP contribution is -2.34. The van der Waals surface area contributed by atoms with Crippen LogP contribution in [0.25, 0.3) is 0 Å². The Labute approximate surface area is 115 Å². The Morgan fingerprint density at radius 2 is 2.00 bits per heavy atom. The first-order valence-electron chi connectivity index (χ1n) is 6.99. The fourth-order valence-corrected chi connectivity index (χ4v) is 2.08. The van der Waals surface area contributed by atoms with Crippen molar-refractivity contribution in [3.05, 3.63) is 17.0 Å². The number of likely N-dealkylation sites (N-methyl/N-ethyl adjacent to an activating group) is 1. The van der Waals surface area contributed by atoms with Crippen molar-refractivity contribution in [3.8, 4) is 0 Å². The molecule has 0 aliphatic rings. The maximum absolute atomic E-state index is 11.7. The molecule has 108 valence electrons. The monoisotopic (exact) mass is 267 g/mol. The third-order valence-electron chi connectivity index (χ3n) is 3.43. The molecule has 0 aliphatic carbocycles. The number of hydrogen-bond donors (Lipinski definition) is 1. The molecule has 5 nitrogen and oxygen atoms in total. The summed E-state index contributed by atoms with van der Waals surface area (Å²) in [5, 5.41) is 6.84. The van der Waals surface area contributed by atoms with E-state index in [1.54, 1.807) is 0 Å². The maximum atomic E-state index is 11.7. The number of nitrogens with one attached hydrogen (secondary N) is 1. The number of carbonyl (C=O) groups is 1. The van der Waals surface area contributed by atoms with E-state index in [9.17, 15) is 4.79 Å². The molecule has 5 heteroatoms. The molecule has 1 rings (SSSR count). The Balaban J connectivity index is 2.25. The van der Waals surface area contributed by atoms with Crippen molar-refractivity contribution >= 4 is 5.91 Å². The van der Waals surface area contributed by atoms with Gasteiger partial charge in [-0.25, -0.2) is 0 Å². The van der Waals surface area contributed by atoms with Gasteiger partial charge in [-0.1, -0.05) is 19.0 Å². The molecule has 19 heavy (non-hydrogen) atoms. The second-order valence-corrected chi connectivity index (χ2v) is 4.68. The van der Waals surface area contributed by atoms with E-state index in [1.165, 1.54) is 0 Å². The lowest BCUT2D eigenvalue weighted by atomic mass is 10.1. The number of aromatic nitrogens is 1. The quantitative estimate of drug-likeness (QED) is 0.778. The van der Waals surface area contributed by atoms with Crippen LogP contribution in [0.2, 0.25) is 0 Å². The van der Waals surface area contributed by atoms with Crippen molar-refractivity contribution in [3.63, 3.8) is 0 Å². The standard InChI is InChI=1S/C14H25N3O2/c1-5-17(6-2)10-9-15-14(18)8-7-13-11(3)16-19-12(13)4/h5-10H2,1-4H3,(H,15,18). The zero-order chi connectivity index (χ0) is 14.3. The normalized spacial score (nSPS) is 11.0. The van der Waals surface area contributed by atoms with Gasteiger partial charge < -0.3 is 14.7 Å². The van der Waals surface area contributed by atoms with Crippen LogP contribution in [0.1, 0.15) is 37.3 Å². The van der Waals surface area contributed by atoms with Crippen LogP contribution in [-0.4, -0.2) is 42.1 Å². The first-order chi connectivity index (χ1) is 9.08. The Morgan fingerprint density at radius 3 is 2.53 bits per heavy atom. The second kappa shape index (κ2) is 7.94. The lowest BCUT2D eigenvalue weighted by molar-refractivity contribution is -0.121. The van der Waals surface area contributed by atoms with Gasteiger partial charge in [-0.2, -0.15) is 0 Å². The van der Waals surface area contributed by atoms with E-state index in [0.29, 0.717) is 19.4 Å². The molecule has 0 radical (unpaired) electrons. The average molecular weight is 267 g/mol. The van der Waals surface area contributed by atoms with Gasteiger partial charge in [0.25, 0.3) is 0 Å². The molecule has 1 heterocycles. The molecule has 0 fully saturated rings. The highest BCUT2D eigenvalue weighted by Gasteiger charge is 2.11. The van der Waals surface area contributed by atoms with Gasteiger partial charge in [-0.05, 0) is 33.4 Å². The van der Waals surface area contributed by atoms with E-state index >= 15 is 0 Å². The van der Waals surface area contributed by atoms with Crippen LogP contribution in [-0.2, 0) is 11.2 Å². The summed E-state index contributed by atoms with van der Waals surface area (Å²) in [5.41, 5.74) is 1.94. The van der Waals surface area contributed by atoms with Crippen LogP contribution in [0, 0.1) is 13.8 Å². The van der Waals surface area contributed by atoms with Gasteiger partial charge in [-0.3, -0.25) is 4.79 Å². The van der Waals surface area contributed by atoms with Crippen LogP contribution in [0.15, 0.2) is 4.52 Å². The molecule has 0 spiro atoms. The van der Waals surface area contributed by atoms with Crippen molar-refractivity contribution in [1.82, 2.24) is 15.4 Å². The highest BCUT2D eigenvalue weighted by molar-refractivity contribution is 5.76. The first-order valence-corrected chi connectivity index (χ1v) is 6.99. The minimum atomic E-state index is 0.0900. The van der Waals surface area contributed by atoms with Crippen LogP contribution in [0.5, 0.6) is 0 Å². The Morgan fingerprint density at radius 1 is 1.32 bits per heavy atom. The third-order valence-corrected chi connectivity index (χ3v) is 3.43. The largest absolute Gasteiger partial charge is 0.361 e.